The van der Waals surface area contributed by atoms with Gasteiger partial charge in [0.1, 0.15) is 5.82 Å². The Hall–Kier alpha value is -0.500. The van der Waals surface area contributed by atoms with Gasteiger partial charge >= 0.3 is 0 Å². The first-order valence-electron chi connectivity index (χ1n) is 5.64. The van der Waals surface area contributed by atoms with Crippen LogP contribution in [-0.2, 0) is 5.41 Å². The molecule has 1 aromatic rings. The van der Waals surface area contributed by atoms with Gasteiger partial charge in [-0.1, -0.05) is 25.0 Å². The lowest BCUT2D eigenvalue weighted by Crippen LogP contribution is -2.22. The van der Waals surface area contributed by atoms with Crippen molar-refractivity contribution < 1.29 is 4.39 Å². The molecule has 0 unspecified atom stereocenters. The molecule has 0 aromatic heterocycles. The van der Waals surface area contributed by atoms with Crippen LogP contribution in [0.15, 0.2) is 24.3 Å². The maximum atomic E-state index is 12.9. The van der Waals surface area contributed by atoms with Crippen LogP contribution in [0.25, 0.3) is 0 Å². The normalized spacial score (nSPS) is 19.3. The summed E-state index contributed by atoms with van der Waals surface area (Å²) in [7, 11) is 0. The summed E-state index contributed by atoms with van der Waals surface area (Å²) in [6.45, 7) is 0. The van der Waals surface area contributed by atoms with Gasteiger partial charge in [0.15, 0.2) is 0 Å². The van der Waals surface area contributed by atoms with Gasteiger partial charge < -0.3 is 0 Å². The van der Waals surface area contributed by atoms with Crippen molar-refractivity contribution in [1.82, 2.24) is 0 Å². The number of hydrogen-bond acceptors (Lipinski definition) is 1. The van der Waals surface area contributed by atoms with Crippen molar-refractivity contribution in [3.8, 4) is 0 Å². The van der Waals surface area contributed by atoms with Crippen LogP contribution in [0.5, 0.6) is 0 Å². The molecule has 0 radical (unpaired) electrons. The molecule has 0 N–H and O–H groups in total. The monoisotopic (exact) mass is 224 g/mol. The van der Waals surface area contributed by atoms with Gasteiger partial charge in [0, 0.05) is 0 Å². The standard InChI is InChI=1S/C13H17FS/c14-12-5-3-11(4-6-12)13(9-10-15)7-1-2-8-13/h3-6,15H,1-2,7-10H2. The Labute approximate surface area is 96.3 Å². The van der Waals surface area contributed by atoms with Gasteiger partial charge in [-0.25, -0.2) is 4.39 Å². The third kappa shape index (κ3) is 2.20. The van der Waals surface area contributed by atoms with Crippen LogP contribution in [0.2, 0.25) is 0 Å². The molecule has 0 aliphatic heterocycles. The average molecular weight is 224 g/mol. The lowest BCUT2D eigenvalue weighted by molar-refractivity contribution is 0.428. The average Bonchev–Trinajstić information content (AvgIpc) is 2.69. The van der Waals surface area contributed by atoms with Gasteiger partial charge in [0.05, 0.1) is 0 Å². The molecule has 2 heteroatoms. The molecule has 2 rings (SSSR count). The Morgan fingerprint density at radius 2 is 1.73 bits per heavy atom. The molecule has 82 valence electrons. The number of thiol groups is 1. The smallest absolute Gasteiger partial charge is 0.123 e. The molecule has 0 heterocycles. The SMILES string of the molecule is Fc1ccc(C2(CCS)CCCC2)cc1. The zero-order valence-electron chi connectivity index (χ0n) is 8.88. The minimum atomic E-state index is -0.141. The molecule has 0 bridgehead atoms. The van der Waals surface area contributed by atoms with E-state index in [9.17, 15) is 4.39 Å². The van der Waals surface area contributed by atoms with Gasteiger partial charge in [-0.15, -0.1) is 0 Å². The molecule has 0 saturated heterocycles. The van der Waals surface area contributed by atoms with E-state index in [0.29, 0.717) is 0 Å². The van der Waals surface area contributed by atoms with E-state index in [1.54, 1.807) is 12.1 Å². The van der Waals surface area contributed by atoms with Crippen LogP contribution in [0.1, 0.15) is 37.7 Å². The highest BCUT2D eigenvalue weighted by molar-refractivity contribution is 7.80. The van der Waals surface area contributed by atoms with Crippen LogP contribution >= 0.6 is 12.6 Å². The first-order valence-corrected chi connectivity index (χ1v) is 6.27. The molecule has 0 atom stereocenters. The zero-order chi connectivity index (χ0) is 10.7. The second-order valence-electron chi connectivity index (χ2n) is 4.47. The second kappa shape index (κ2) is 4.56. The summed E-state index contributed by atoms with van der Waals surface area (Å²) in [5, 5.41) is 0. The van der Waals surface area contributed by atoms with Gasteiger partial charge in [0.25, 0.3) is 0 Å². The summed E-state index contributed by atoms with van der Waals surface area (Å²) in [5.41, 5.74) is 1.59. The van der Waals surface area contributed by atoms with Crippen molar-refractivity contribution in [2.75, 3.05) is 5.75 Å². The van der Waals surface area contributed by atoms with Crippen LogP contribution in [-0.4, -0.2) is 5.75 Å². The largest absolute Gasteiger partial charge is 0.207 e. The van der Waals surface area contributed by atoms with Crippen molar-refractivity contribution in [1.29, 1.82) is 0 Å². The maximum Gasteiger partial charge on any atom is 0.123 e. The van der Waals surface area contributed by atoms with E-state index >= 15 is 0 Å². The predicted molar refractivity (Wildman–Crippen MR) is 65.0 cm³/mol. The van der Waals surface area contributed by atoms with Crippen LogP contribution in [0.3, 0.4) is 0 Å². The van der Waals surface area contributed by atoms with Crippen molar-refractivity contribution in [2.24, 2.45) is 0 Å². The number of hydrogen-bond donors (Lipinski definition) is 1. The molecule has 1 aromatic carbocycles. The molecule has 0 amide bonds. The van der Waals surface area contributed by atoms with Crippen molar-refractivity contribution >= 4 is 12.6 Å². The van der Waals surface area contributed by atoms with Crippen LogP contribution < -0.4 is 0 Å². The predicted octanol–water partition coefficient (Wildman–Crippen LogP) is 3.96. The minimum Gasteiger partial charge on any atom is -0.207 e. The van der Waals surface area contributed by atoms with Crippen LogP contribution in [0.4, 0.5) is 4.39 Å². The van der Waals surface area contributed by atoms with E-state index in [1.165, 1.54) is 31.2 Å². The van der Waals surface area contributed by atoms with Crippen molar-refractivity contribution in [3.05, 3.63) is 35.6 Å². The maximum absolute atomic E-state index is 12.9. The molecule has 1 aliphatic carbocycles. The summed E-state index contributed by atoms with van der Waals surface area (Å²) >= 11 is 4.35. The molecule has 1 saturated carbocycles. The fourth-order valence-corrected chi connectivity index (χ4v) is 3.18. The van der Waals surface area contributed by atoms with Gasteiger partial charge in [0.2, 0.25) is 0 Å². The third-order valence-corrected chi connectivity index (χ3v) is 3.83. The fraction of sp³-hybridized carbons (Fsp3) is 0.538. The second-order valence-corrected chi connectivity index (χ2v) is 4.92. The molecular weight excluding hydrogens is 207 g/mol. The Balaban J connectivity index is 2.28. The fourth-order valence-electron chi connectivity index (χ4n) is 2.75. The first kappa shape index (κ1) is 11.0. The van der Waals surface area contributed by atoms with Gasteiger partial charge in [-0.05, 0) is 48.1 Å². The van der Waals surface area contributed by atoms with E-state index in [2.05, 4.69) is 12.6 Å². The van der Waals surface area contributed by atoms with Gasteiger partial charge in [-0.2, -0.15) is 12.6 Å². The Morgan fingerprint density at radius 3 is 2.27 bits per heavy atom. The van der Waals surface area contributed by atoms with E-state index in [4.69, 9.17) is 0 Å². The van der Waals surface area contributed by atoms with Gasteiger partial charge in [-0.3, -0.25) is 0 Å². The van der Waals surface area contributed by atoms with E-state index in [0.717, 1.165) is 12.2 Å². The first-order chi connectivity index (χ1) is 7.27. The van der Waals surface area contributed by atoms with Crippen molar-refractivity contribution in [2.45, 2.75) is 37.5 Å². The Morgan fingerprint density at radius 1 is 1.13 bits per heavy atom. The molecular formula is C13H17FS. The quantitative estimate of drug-likeness (QED) is 0.738. The highest BCUT2D eigenvalue weighted by Crippen LogP contribution is 2.43. The topological polar surface area (TPSA) is 0 Å². The summed E-state index contributed by atoms with van der Waals surface area (Å²) < 4.78 is 12.9. The summed E-state index contributed by atoms with van der Waals surface area (Å²) in [5.74, 6) is 0.773. The lowest BCUT2D eigenvalue weighted by Gasteiger charge is -2.29. The lowest BCUT2D eigenvalue weighted by atomic mass is 9.77. The summed E-state index contributed by atoms with van der Waals surface area (Å²) in [6.07, 6.45) is 6.18. The Bertz CT molecular complexity index is 312. The highest BCUT2D eigenvalue weighted by Gasteiger charge is 2.34. The van der Waals surface area contributed by atoms with E-state index in [1.807, 2.05) is 12.1 Å². The molecule has 1 aliphatic rings. The summed E-state index contributed by atoms with van der Waals surface area (Å²) in [6, 6.07) is 7.05. The van der Waals surface area contributed by atoms with Crippen molar-refractivity contribution in [3.63, 3.8) is 0 Å². The number of halogens is 1. The third-order valence-electron chi connectivity index (χ3n) is 3.61. The highest BCUT2D eigenvalue weighted by atomic mass is 32.1. The zero-order valence-corrected chi connectivity index (χ0v) is 9.77. The summed E-state index contributed by atoms with van der Waals surface area (Å²) in [4.78, 5) is 0. The molecule has 15 heavy (non-hydrogen) atoms. The number of benzene rings is 1. The molecule has 1 fully saturated rings. The molecule has 0 nitrogen and oxygen atoms in total. The van der Waals surface area contributed by atoms with E-state index < -0.39 is 0 Å². The minimum absolute atomic E-state index is 0.141. The molecule has 0 spiro atoms. The van der Waals surface area contributed by atoms with Crippen LogP contribution in [0, 0.1) is 5.82 Å². The van der Waals surface area contributed by atoms with E-state index in [-0.39, 0.29) is 11.2 Å². The Kier molecular flexibility index (Phi) is 3.35. The number of rotatable bonds is 3.